The van der Waals surface area contributed by atoms with Gasteiger partial charge in [0.25, 0.3) is 5.91 Å². The van der Waals surface area contributed by atoms with Crippen LogP contribution >= 0.6 is 0 Å². The minimum atomic E-state index is 0.0275. The first-order valence-corrected chi connectivity index (χ1v) is 6.62. The smallest absolute Gasteiger partial charge is 0.255 e. The molecule has 1 saturated carbocycles. The van der Waals surface area contributed by atoms with E-state index < -0.39 is 0 Å². The molecule has 1 amide bonds. The van der Waals surface area contributed by atoms with Gasteiger partial charge in [-0.15, -0.1) is 0 Å². The predicted octanol–water partition coefficient (Wildman–Crippen LogP) is 1.44. The maximum absolute atomic E-state index is 12.5. The summed E-state index contributed by atoms with van der Waals surface area (Å²) in [6.07, 6.45) is 5.82. The zero-order chi connectivity index (χ0) is 13.7. The van der Waals surface area contributed by atoms with E-state index in [0.29, 0.717) is 23.6 Å². The fraction of sp³-hybridized carbons (Fsp3) is 0.467. The third-order valence-corrected chi connectivity index (χ3v) is 3.10. The van der Waals surface area contributed by atoms with Gasteiger partial charge in [-0.1, -0.05) is 11.8 Å². The van der Waals surface area contributed by atoms with Crippen molar-refractivity contribution < 1.29 is 9.90 Å². The minimum absolute atomic E-state index is 0.0275. The summed E-state index contributed by atoms with van der Waals surface area (Å²) in [5, 5.41) is 8.74. The average molecular weight is 258 g/mol. The largest absolute Gasteiger partial charge is 0.395 e. The molecule has 1 N–H and O–H groups in total. The van der Waals surface area contributed by atoms with Gasteiger partial charge in [0, 0.05) is 31.4 Å². The number of aromatic nitrogens is 1. The van der Waals surface area contributed by atoms with Crippen LogP contribution in [-0.4, -0.2) is 40.1 Å². The van der Waals surface area contributed by atoms with Crippen molar-refractivity contribution in [3.05, 3.63) is 29.6 Å². The van der Waals surface area contributed by atoms with Crippen LogP contribution in [0.2, 0.25) is 0 Å². The Labute approximate surface area is 113 Å². The van der Waals surface area contributed by atoms with Gasteiger partial charge >= 0.3 is 0 Å². The highest BCUT2D eigenvalue weighted by Gasteiger charge is 2.32. The van der Waals surface area contributed by atoms with E-state index in [9.17, 15) is 4.79 Å². The molecule has 100 valence electrons. The topological polar surface area (TPSA) is 53.4 Å². The molecule has 0 bridgehead atoms. The first-order chi connectivity index (χ1) is 9.27. The van der Waals surface area contributed by atoms with Crippen molar-refractivity contribution in [2.45, 2.75) is 32.2 Å². The molecule has 0 aliphatic heterocycles. The summed E-state index contributed by atoms with van der Waals surface area (Å²) in [5.41, 5.74) is 1.24. The Balaban J connectivity index is 2.23. The first-order valence-electron chi connectivity index (χ1n) is 6.62. The maximum atomic E-state index is 12.5. The number of nitrogens with zero attached hydrogens (tertiary/aromatic N) is 2. The molecule has 1 fully saturated rings. The van der Waals surface area contributed by atoms with E-state index in [-0.39, 0.29) is 12.5 Å². The van der Waals surface area contributed by atoms with Crippen molar-refractivity contribution in [2.75, 3.05) is 13.2 Å². The third-order valence-electron chi connectivity index (χ3n) is 3.10. The molecule has 1 heterocycles. The maximum Gasteiger partial charge on any atom is 0.255 e. The SMILES string of the molecule is CCN(C(=O)c1ccncc1C#CCCO)C1CC1. The number of hydrogen-bond acceptors (Lipinski definition) is 3. The summed E-state index contributed by atoms with van der Waals surface area (Å²) in [6.45, 7) is 2.74. The van der Waals surface area contributed by atoms with Crippen LogP contribution in [-0.2, 0) is 0 Å². The summed E-state index contributed by atoms with van der Waals surface area (Å²) in [5.74, 6) is 5.78. The molecule has 0 unspecified atom stereocenters. The van der Waals surface area contributed by atoms with Gasteiger partial charge in [0.2, 0.25) is 0 Å². The molecule has 1 aliphatic rings. The number of rotatable bonds is 4. The Bertz CT molecular complexity index is 512. The summed E-state index contributed by atoms with van der Waals surface area (Å²) < 4.78 is 0. The Morgan fingerprint density at radius 1 is 1.58 bits per heavy atom. The van der Waals surface area contributed by atoms with Gasteiger partial charge in [-0.25, -0.2) is 0 Å². The number of carbonyl (C=O) groups is 1. The van der Waals surface area contributed by atoms with Gasteiger partial charge < -0.3 is 10.0 Å². The van der Waals surface area contributed by atoms with Crippen molar-refractivity contribution in [3.63, 3.8) is 0 Å². The summed E-state index contributed by atoms with van der Waals surface area (Å²) in [4.78, 5) is 18.4. The van der Waals surface area contributed by atoms with Crippen LogP contribution in [0.15, 0.2) is 18.5 Å². The highest BCUT2D eigenvalue weighted by atomic mass is 16.2. The Kier molecular flexibility index (Phi) is 4.53. The molecule has 0 atom stereocenters. The molecule has 0 saturated heterocycles. The Hall–Kier alpha value is -1.86. The zero-order valence-corrected chi connectivity index (χ0v) is 11.1. The fourth-order valence-electron chi connectivity index (χ4n) is 2.00. The summed E-state index contributed by atoms with van der Waals surface area (Å²) in [6, 6.07) is 2.11. The molecule has 1 aromatic rings. The fourth-order valence-corrected chi connectivity index (χ4v) is 2.00. The summed E-state index contributed by atoms with van der Waals surface area (Å²) in [7, 11) is 0. The average Bonchev–Trinajstić information content (AvgIpc) is 3.25. The van der Waals surface area contributed by atoms with Crippen LogP contribution in [0.4, 0.5) is 0 Å². The molecular weight excluding hydrogens is 240 g/mol. The molecule has 4 heteroatoms. The number of carbonyl (C=O) groups excluding carboxylic acids is 1. The Morgan fingerprint density at radius 2 is 2.37 bits per heavy atom. The lowest BCUT2D eigenvalue weighted by Gasteiger charge is -2.20. The normalized spacial score (nSPS) is 13.6. The molecule has 0 spiro atoms. The van der Waals surface area contributed by atoms with E-state index in [4.69, 9.17) is 5.11 Å². The van der Waals surface area contributed by atoms with E-state index >= 15 is 0 Å². The highest BCUT2D eigenvalue weighted by Crippen LogP contribution is 2.28. The monoisotopic (exact) mass is 258 g/mol. The summed E-state index contributed by atoms with van der Waals surface area (Å²) >= 11 is 0. The lowest BCUT2D eigenvalue weighted by molar-refractivity contribution is 0.0752. The van der Waals surface area contributed by atoms with Gasteiger partial charge in [0.05, 0.1) is 17.7 Å². The molecular formula is C15H18N2O2. The van der Waals surface area contributed by atoms with Crippen molar-refractivity contribution >= 4 is 5.91 Å². The van der Waals surface area contributed by atoms with E-state index in [1.54, 1.807) is 18.5 Å². The van der Waals surface area contributed by atoms with Gasteiger partial charge in [-0.3, -0.25) is 9.78 Å². The zero-order valence-electron chi connectivity index (χ0n) is 11.1. The van der Waals surface area contributed by atoms with Crippen molar-refractivity contribution in [1.29, 1.82) is 0 Å². The van der Waals surface area contributed by atoms with Crippen LogP contribution in [0, 0.1) is 11.8 Å². The second-order valence-corrected chi connectivity index (χ2v) is 4.52. The third kappa shape index (κ3) is 3.33. The number of hydrogen-bond donors (Lipinski definition) is 1. The number of amides is 1. The van der Waals surface area contributed by atoms with E-state index in [1.165, 1.54) is 0 Å². The lowest BCUT2D eigenvalue weighted by atomic mass is 10.1. The second-order valence-electron chi connectivity index (χ2n) is 4.52. The molecule has 1 aliphatic carbocycles. The van der Waals surface area contributed by atoms with Gasteiger partial charge in [-0.05, 0) is 25.8 Å². The Morgan fingerprint density at radius 3 is 3.00 bits per heavy atom. The van der Waals surface area contributed by atoms with E-state index in [2.05, 4.69) is 16.8 Å². The molecule has 0 aromatic carbocycles. The second kappa shape index (κ2) is 6.35. The minimum Gasteiger partial charge on any atom is -0.395 e. The van der Waals surface area contributed by atoms with Crippen LogP contribution in [0.5, 0.6) is 0 Å². The van der Waals surface area contributed by atoms with Gasteiger partial charge in [0.1, 0.15) is 0 Å². The first kappa shape index (κ1) is 13.6. The van der Waals surface area contributed by atoms with Crippen LogP contribution in [0.25, 0.3) is 0 Å². The number of aliphatic hydroxyl groups is 1. The van der Waals surface area contributed by atoms with Crippen LogP contribution in [0.3, 0.4) is 0 Å². The molecule has 19 heavy (non-hydrogen) atoms. The highest BCUT2D eigenvalue weighted by molar-refractivity contribution is 5.96. The quantitative estimate of drug-likeness (QED) is 0.831. The van der Waals surface area contributed by atoms with Crippen molar-refractivity contribution in [2.24, 2.45) is 0 Å². The standard InChI is InChI=1S/C15H18N2O2/c1-2-17(13-6-7-13)15(19)14-8-9-16-11-12(14)5-3-4-10-18/h8-9,11,13,18H,2,4,6-7,10H2,1H3. The van der Waals surface area contributed by atoms with Crippen molar-refractivity contribution in [1.82, 2.24) is 9.88 Å². The number of aliphatic hydroxyl groups excluding tert-OH is 1. The van der Waals surface area contributed by atoms with Gasteiger partial charge in [-0.2, -0.15) is 0 Å². The predicted molar refractivity (Wildman–Crippen MR) is 72.6 cm³/mol. The van der Waals surface area contributed by atoms with E-state index in [0.717, 1.165) is 19.4 Å². The van der Waals surface area contributed by atoms with Crippen LogP contribution < -0.4 is 0 Å². The van der Waals surface area contributed by atoms with Crippen molar-refractivity contribution in [3.8, 4) is 11.8 Å². The molecule has 1 aromatic heterocycles. The van der Waals surface area contributed by atoms with Crippen LogP contribution in [0.1, 0.15) is 42.1 Å². The molecule has 2 rings (SSSR count). The lowest BCUT2D eigenvalue weighted by Crippen LogP contribution is -2.33. The molecule has 0 radical (unpaired) electrons. The van der Waals surface area contributed by atoms with E-state index in [1.807, 2.05) is 11.8 Å². The molecule has 4 nitrogen and oxygen atoms in total. The van der Waals surface area contributed by atoms with Gasteiger partial charge in [0.15, 0.2) is 0 Å². The number of pyridine rings is 1.